The van der Waals surface area contributed by atoms with E-state index in [-0.39, 0.29) is 0 Å². The molecule has 0 aliphatic rings. The van der Waals surface area contributed by atoms with E-state index in [1.54, 1.807) is 0 Å². The van der Waals surface area contributed by atoms with Gasteiger partial charge in [-0.1, -0.05) is 59.7 Å². The summed E-state index contributed by atoms with van der Waals surface area (Å²) < 4.78 is 0. The Labute approximate surface area is 113 Å². The van der Waals surface area contributed by atoms with Crippen molar-refractivity contribution >= 4 is 22.5 Å². The van der Waals surface area contributed by atoms with Gasteiger partial charge in [0.05, 0.1) is 0 Å². The highest BCUT2D eigenvalue weighted by atomic mass is 33.1. The molecule has 0 saturated heterocycles. The highest BCUT2D eigenvalue weighted by molar-refractivity contribution is 8.68. The lowest BCUT2D eigenvalue weighted by atomic mass is 10.0. The molecule has 0 radical (unpaired) electrons. The molecule has 2 aromatic rings. The van der Waals surface area contributed by atoms with Gasteiger partial charge in [0.2, 0.25) is 0 Å². The maximum absolute atomic E-state index is 3.71. The van der Waals surface area contributed by atoms with Crippen LogP contribution in [0.25, 0.3) is 11.1 Å². The fourth-order valence-electron chi connectivity index (χ4n) is 1.57. The summed E-state index contributed by atoms with van der Waals surface area (Å²) in [6.45, 7) is 4.23. The van der Waals surface area contributed by atoms with Gasteiger partial charge in [0.1, 0.15) is 0 Å². The first-order valence-corrected chi connectivity index (χ1v) is 7.76. The lowest BCUT2D eigenvalue weighted by Gasteiger charge is -2.02. The van der Waals surface area contributed by atoms with Gasteiger partial charge < -0.3 is 0 Å². The minimum atomic E-state index is 1.29. The molecule has 0 amide bonds. The van der Waals surface area contributed by atoms with Crippen LogP contribution < -0.4 is 0 Å². The molecule has 17 heavy (non-hydrogen) atoms. The molecular weight excluding hydrogens is 244 g/mol. The van der Waals surface area contributed by atoms with Crippen LogP contribution in [0, 0.1) is 13.8 Å². The predicted octanol–water partition coefficient (Wildman–Crippen LogP) is 5.16. The van der Waals surface area contributed by atoms with Crippen LogP contribution in [0.2, 0.25) is 0 Å². The quantitative estimate of drug-likeness (QED) is 0.547. The molecule has 90 valence electrons. The molecule has 0 bridgehead atoms. The van der Waals surface area contributed by atoms with E-state index in [0.29, 0.717) is 0 Å². The Morgan fingerprint density at radius 2 is 1.41 bits per heavy atom. The Morgan fingerprint density at radius 3 is 1.94 bits per heavy atom. The Morgan fingerprint density at radius 1 is 0.824 bits per heavy atom. The molecule has 0 spiro atoms. The number of hydrogen-bond acceptors (Lipinski definition) is 2. The van der Waals surface area contributed by atoms with Gasteiger partial charge in [-0.15, -0.1) is 22.5 Å². The Balaban J connectivity index is 0.000000437. The lowest BCUT2D eigenvalue weighted by molar-refractivity contribution is 1.44. The van der Waals surface area contributed by atoms with Crippen molar-refractivity contribution in [2.24, 2.45) is 0 Å². The van der Waals surface area contributed by atoms with E-state index < -0.39 is 0 Å². The summed E-state index contributed by atoms with van der Waals surface area (Å²) in [6, 6.07) is 17.2. The highest BCUT2D eigenvalue weighted by Gasteiger charge is 1.96. The van der Waals surface area contributed by atoms with Crippen LogP contribution in [0.3, 0.4) is 0 Å². The van der Waals surface area contributed by atoms with Crippen LogP contribution in [0.1, 0.15) is 11.1 Å². The average molecular weight is 262 g/mol. The summed E-state index contributed by atoms with van der Waals surface area (Å²) in [5.41, 5.74) is 5.20. The molecule has 0 aliphatic heterocycles. The number of aryl methyl sites for hydroxylation is 2. The molecule has 0 unspecified atom stereocenters. The van der Waals surface area contributed by atoms with Gasteiger partial charge in [-0.25, -0.2) is 0 Å². The molecule has 2 rings (SSSR count). The minimum Gasteiger partial charge on any atom is -0.112 e. The molecule has 2 aromatic carbocycles. The molecule has 0 atom stereocenters. The van der Waals surface area contributed by atoms with E-state index in [4.69, 9.17) is 0 Å². The summed E-state index contributed by atoms with van der Waals surface area (Å²) in [5, 5.41) is 0. The van der Waals surface area contributed by atoms with Crippen molar-refractivity contribution in [2.75, 3.05) is 6.26 Å². The van der Waals surface area contributed by atoms with Gasteiger partial charge >= 0.3 is 0 Å². The Hall–Kier alpha value is -0.860. The van der Waals surface area contributed by atoms with E-state index in [0.717, 1.165) is 0 Å². The summed E-state index contributed by atoms with van der Waals surface area (Å²) in [4.78, 5) is 0. The van der Waals surface area contributed by atoms with Crippen molar-refractivity contribution in [1.29, 1.82) is 0 Å². The van der Waals surface area contributed by atoms with E-state index in [1.165, 1.54) is 33.0 Å². The fraction of sp³-hybridized carbons (Fsp3) is 0.200. The standard InChI is InChI=1S/C14H14.CH4S2/c1-11-6-8-13(9-7-11)14-5-3-4-12(2)10-14;1-3-2/h3-10H,1-2H3;2H,1H3. The van der Waals surface area contributed by atoms with Gasteiger partial charge in [0, 0.05) is 0 Å². The van der Waals surface area contributed by atoms with Crippen LogP contribution in [0.5, 0.6) is 0 Å². The molecule has 0 fully saturated rings. The van der Waals surface area contributed by atoms with E-state index >= 15 is 0 Å². The Kier molecular flexibility index (Phi) is 6.23. The van der Waals surface area contributed by atoms with Crippen LogP contribution in [0.15, 0.2) is 48.5 Å². The molecule has 2 heteroatoms. The first-order valence-electron chi connectivity index (χ1n) is 5.48. The van der Waals surface area contributed by atoms with Crippen molar-refractivity contribution in [3.05, 3.63) is 59.7 Å². The monoisotopic (exact) mass is 262 g/mol. The molecule has 0 aromatic heterocycles. The molecule has 0 heterocycles. The van der Waals surface area contributed by atoms with E-state index in [1.807, 2.05) is 6.26 Å². The fourth-order valence-corrected chi connectivity index (χ4v) is 1.57. The maximum atomic E-state index is 3.71. The van der Waals surface area contributed by atoms with Crippen molar-refractivity contribution < 1.29 is 0 Å². The minimum absolute atomic E-state index is 1.29. The average Bonchev–Trinajstić information content (AvgIpc) is 2.31. The van der Waals surface area contributed by atoms with Crippen LogP contribution >= 0.6 is 22.5 Å². The second-order valence-corrected chi connectivity index (χ2v) is 5.38. The summed E-state index contributed by atoms with van der Waals surface area (Å²) >= 11 is 3.71. The lowest BCUT2D eigenvalue weighted by Crippen LogP contribution is -1.79. The third-order valence-electron chi connectivity index (χ3n) is 2.40. The van der Waals surface area contributed by atoms with Crippen molar-refractivity contribution in [3.63, 3.8) is 0 Å². The van der Waals surface area contributed by atoms with Crippen LogP contribution in [-0.4, -0.2) is 6.26 Å². The molecule has 0 N–H and O–H groups in total. The van der Waals surface area contributed by atoms with Crippen molar-refractivity contribution in [1.82, 2.24) is 0 Å². The second-order valence-electron chi connectivity index (χ2n) is 3.92. The number of benzene rings is 2. The second kappa shape index (κ2) is 7.46. The van der Waals surface area contributed by atoms with Gasteiger partial charge in [-0.2, -0.15) is 0 Å². The maximum Gasteiger partial charge on any atom is -0.00816 e. The zero-order valence-electron chi connectivity index (χ0n) is 10.5. The molecule has 0 saturated carbocycles. The van der Waals surface area contributed by atoms with Crippen molar-refractivity contribution in [2.45, 2.75) is 13.8 Å². The van der Waals surface area contributed by atoms with E-state index in [9.17, 15) is 0 Å². The van der Waals surface area contributed by atoms with Crippen molar-refractivity contribution in [3.8, 4) is 11.1 Å². The zero-order valence-corrected chi connectivity index (χ0v) is 12.2. The summed E-state index contributed by atoms with van der Waals surface area (Å²) in [5.74, 6) is 0. The molecule has 0 nitrogen and oxygen atoms in total. The smallest absolute Gasteiger partial charge is 0.00816 e. The van der Waals surface area contributed by atoms with Gasteiger partial charge in [0.15, 0.2) is 0 Å². The number of thiol groups is 1. The third kappa shape index (κ3) is 4.88. The zero-order chi connectivity index (χ0) is 12.7. The number of rotatable bonds is 1. The predicted molar refractivity (Wildman–Crippen MR) is 83.9 cm³/mol. The Bertz CT molecular complexity index is 447. The third-order valence-corrected chi connectivity index (χ3v) is 2.40. The summed E-state index contributed by atoms with van der Waals surface area (Å²) in [6.07, 6.45) is 1.91. The van der Waals surface area contributed by atoms with E-state index in [2.05, 4.69) is 74.0 Å². The first-order chi connectivity index (χ1) is 8.17. The SMILES string of the molecule is CSS.Cc1ccc(-c2cccc(C)c2)cc1. The van der Waals surface area contributed by atoms with Gasteiger partial charge in [-0.05, 0) is 31.2 Å². The highest BCUT2D eigenvalue weighted by Crippen LogP contribution is 2.20. The topological polar surface area (TPSA) is 0 Å². The molecule has 0 aliphatic carbocycles. The normalized spacial score (nSPS) is 9.41. The summed E-state index contributed by atoms with van der Waals surface area (Å²) in [7, 11) is 1.44. The molecular formula is C15H18S2. The van der Waals surface area contributed by atoms with Gasteiger partial charge in [-0.3, -0.25) is 0 Å². The first kappa shape index (κ1) is 14.2. The van der Waals surface area contributed by atoms with Crippen LogP contribution in [0.4, 0.5) is 0 Å². The van der Waals surface area contributed by atoms with Gasteiger partial charge in [0.25, 0.3) is 0 Å². The largest absolute Gasteiger partial charge is 0.112 e. The van der Waals surface area contributed by atoms with Crippen LogP contribution in [-0.2, 0) is 0 Å². The number of hydrogen-bond donors (Lipinski definition) is 1.